The third-order valence-corrected chi connectivity index (χ3v) is 3.62. The number of carbonyl (C=O) groups is 1. The number of hydrogen-bond acceptors (Lipinski definition) is 5. The van der Waals surface area contributed by atoms with Crippen LogP contribution in [0.5, 0.6) is 5.75 Å². The number of non-ortho nitro benzene ring substituents is 1. The van der Waals surface area contributed by atoms with Crippen LogP contribution in [0.3, 0.4) is 0 Å². The molecular weight excluding hydrogens is 264 g/mol. The summed E-state index contributed by atoms with van der Waals surface area (Å²) in [5.41, 5.74) is 0.553. The molecule has 1 heterocycles. The maximum atomic E-state index is 11.1. The third kappa shape index (κ3) is 2.66. The lowest BCUT2D eigenvalue weighted by Crippen LogP contribution is -2.23. The molecular formula is C13H16N2O5. The van der Waals surface area contributed by atoms with Crippen molar-refractivity contribution in [2.75, 3.05) is 25.1 Å². The second-order valence-corrected chi connectivity index (χ2v) is 4.97. The van der Waals surface area contributed by atoms with Crippen molar-refractivity contribution >= 4 is 17.3 Å². The number of carboxylic acids is 1. The van der Waals surface area contributed by atoms with Gasteiger partial charge in [-0.25, -0.2) is 0 Å². The highest BCUT2D eigenvalue weighted by atomic mass is 16.6. The molecule has 0 bridgehead atoms. The molecule has 0 amide bonds. The van der Waals surface area contributed by atoms with Crippen molar-refractivity contribution in [3.8, 4) is 5.75 Å². The van der Waals surface area contributed by atoms with Gasteiger partial charge >= 0.3 is 5.97 Å². The Labute approximate surface area is 115 Å². The zero-order valence-corrected chi connectivity index (χ0v) is 11.3. The van der Waals surface area contributed by atoms with Crippen LogP contribution in [0.15, 0.2) is 18.2 Å². The minimum absolute atomic E-state index is 0.00208. The molecule has 20 heavy (non-hydrogen) atoms. The van der Waals surface area contributed by atoms with Crippen molar-refractivity contribution in [1.82, 2.24) is 0 Å². The zero-order chi connectivity index (χ0) is 14.9. The second-order valence-electron chi connectivity index (χ2n) is 4.97. The van der Waals surface area contributed by atoms with Crippen molar-refractivity contribution in [1.29, 1.82) is 0 Å². The number of anilines is 1. The number of ether oxygens (including phenoxy) is 1. The van der Waals surface area contributed by atoms with Crippen LogP contribution in [0.4, 0.5) is 11.4 Å². The van der Waals surface area contributed by atoms with Gasteiger partial charge in [0.2, 0.25) is 0 Å². The molecule has 2 rings (SSSR count). The molecule has 1 aliphatic heterocycles. The minimum Gasteiger partial charge on any atom is -0.496 e. The van der Waals surface area contributed by atoms with Crippen LogP contribution in [0.2, 0.25) is 0 Å². The lowest BCUT2D eigenvalue weighted by atomic mass is 9.99. The predicted molar refractivity (Wildman–Crippen MR) is 72.2 cm³/mol. The molecule has 1 aliphatic rings. The summed E-state index contributed by atoms with van der Waals surface area (Å²) in [5, 5.41) is 20.0. The van der Waals surface area contributed by atoms with E-state index in [9.17, 15) is 14.9 Å². The Morgan fingerprint density at radius 3 is 2.65 bits per heavy atom. The molecule has 0 unspecified atom stereocenters. The number of nitro benzene ring substituents is 1. The maximum absolute atomic E-state index is 11.1. The number of nitro groups is 1. The van der Waals surface area contributed by atoms with Gasteiger partial charge in [0, 0.05) is 30.9 Å². The van der Waals surface area contributed by atoms with Crippen molar-refractivity contribution in [2.45, 2.75) is 6.92 Å². The fraction of sp³-hybridized carbons (Fsp3) is 0.462. The van der Waals surface area contributed by atoms with E-state index < -0.39 is 16.8 Å². The summed E-state index contributed by atoms with van der Waals surface area (Å²) in [6, 6.07) is 4.47. The SMILES string of the molecule is COc1cc(N2C[C@@H](C)[C@H](C(=O)O)C2)cc([N+](=O)[O-])c1. The molecule has 7 heteroatoms. The van der Waals surface area contributed by atoms with Crippen LogP contribution in [-0.4, -0.2) is 36.2 Å². The van der Waals surface area contributed by atoms with Crippen LogP contribution >= 0.6 is 0 Å². The van der Waals surface area contributed by atoms with E-state index >= 15 is 0 Å². The molecule has 1 saturated heterocycles. The largest absolute Gasteiger partial charge is 0.496 e. The highest BCUT2D eigenvalue weighted by Gasteiger charge is 2.35. The normalized spacial score (nSPS) is 21.8. The Balaban J connectivity index is 2.31. The van der Waals surface area contributed by atoms with Crippen LogP contribution in [0.25, 0.3) is 0 Å². The Morgan fingerprint density at radius 2 is 2.15 bits per heavy atom. The summed E-state index contributed by atoms with van der Waals surface area (Å²) in [4.78, 5) is 23.4. The molecule has 1 aromatic carbocycles. The average Bonchev–Trinajstić information content (AvgIpc) is 2.80. The van der Waals surface area contributed by atoms with E-state index in [1.807, 2.05) is 11.8 Å². The molecule has 108 valence electrons. The molecule has 0 saturated carbocycles. The number of rotatable bonds is 4. The number of benzene rings is 1. The Bertz CT molecular complexity index is 546. The lowest BCUT2D eigenvalue weighted by Gasteiger charge is -2.18. The highest BCUT2D eigenvalue weighted by molar-refractivity contribution is 5.73. The average molecular weight is 280 g/mol. The minimum atomic E-state index is -0.836. The first-order chi connectivity index (χ1) is 9.42. The quantitative estimate of drug-likeness (QED) is 0.667. The zero-order valence-electron chi connectivity index (χ0n) is 11.3. The first-order valence-electron chi connectivity index (χ1n) is 6.23. The van der Waals surface area contributed by atoms with Crippen molar-refractivity contribution in [3.05, 3.63) is 28.3 Å². The Morgan fingerprint density at radius 1 is 1.45 bits per heavy atom. The molecule has 0 aliphatic carbocycles. The lowest BCUT2D eigenvalue weighted by molar-refractivity contribution is -0.384. The first-order valence-corrected chi connectivity index (χ1v) is 6.23. The number of carboxylic acid groups (broad SMARTS) is 1. The van der Waals surface area contributed by atoms with Gasteiger partial charge in [0.1, 0.15) is 5.75 Å². The standard InChI is InChI=1S/C13H16N2O5/c1-8-6-14(7-12(8)13(16)17)9-3-10(15(18)19)5-11(4-9)20-2/h3-5,8,12H,6-7H2,1-2H3,(H,16,17)/t8-,12-/m1/s1. The van der Waals surface area contributed by atoms with Gasteiger partial charge in [-0.3, -0.25) is 14.9 Å². The molecule has 1 aromatic rings. The van der Waals surface area contributed by atoms with Crippen LogP contribution < -0.4 is 9.64 Å². The van der Waals surface area contributed by atoms with E-state index in [1.165, 1.54) is 19.2 Å². The maximum Gasteiger partial charge on any atom is 0.308 e. The highest BCUT2D eigenvalue weighted by Crippen LogP contribution is 2.33. The van der Waals surface area contributed by atoms with E-state index in [0.29, 0.717) is 24.5 Å². The van der Waals surface area contributed by atoms with Gasteiger partial charge in [-0.2, -0.15) is 0 Å². The fourth-order valence-corrected chi connectivity index (χ4v) is 2.47. The number of methoxy groups -OCH3 is 1. The summed E-state index contributed by atoms with van der Waals surface area (Å²) in [6.45, 7) is 2.77. The van der Waals surface area contributed by atoms with Crippen molar-refractivity contribution < 1.29 is 19.6 Å². The van der Waals surface area contributed by atoms with E-state index in [0.717, 1.165) is 0 Å². The summed E-state index contributed by atoms with van der Waals surface area (Å²) in [5.74, 6) is -0.906. The molecule has 0 aromatic heterocycles. The number of aliphatic carboxylic acids is 1. The number of nitrogens with zero attached hydrogens (tertiary/aromatic N) is 2. The van der Waals surface area contributed by atoms with Gasteiger partial charge in [0.15, 0.2) is 0 Å². The van der Waals surface area contributed by atoms with Crippen LogP contribution in [0, 0.1) is 22.0 Å². The molecule has 1 fully saturated rings. The predicted octanol–water partition coefficient (Wildman–Crippen LogP) is 1.76. The summed E-state index contributed by atoms with van der Waals surface area (Å²) in [7, 11) is 1.44. The van der Waals surface area contributed by atoms with Gasteiger partial charge < -0.3 is 14.7 Å². The monoisotopic (exact) mass is 280 g/mol. The van der Waals surface area contributed by atoms with E-state index in [2.05, 4.69) is 0 Å². The topological polar surface area (TPSA) is 92.9 Å². The molecule has 7 nitrogen and oxygen atoms in total. The molecule has 1 N–H and O–H groups in total. The summed E-state index contributed by atoms with van der Waals surface area (Å²) >= 11 is 0. The van der Waals surface area contributed by atoms with Gasteiger partial charge in [-0.05, 0) is 5.92 Å². The van der Waals surface area contributed by atoms with Crippen LogP contribution in [-0.2, 0) is 4.79 Å². The Kier molecular flexibility index (Phi) is 3.78. The van der Waals surface area contributed by atoms with Crippen molar-refractivity contribution in [2.24, 2.45) is 11.8 Å². The van der Waals surface area contributed by atoms with Gasteiger partial charge in [-0.15, -0.1) is 0 Å². The summed E-state index contributed by atoms with van der Waals surface area (Å²) < 4.78 is 5.06. The fourth-order valence-electron chi connectivity index (χ4n) is 2.47. The Hall–Kier alpha value is -2.31. The van der Waals surface area contributed by atoms with E-state index in [4.69, 9.17) is 9.84 Å². The molecule has 0 radical (unpaired) electrons. The van der Waals surface area contributed by atoms with Gasteiger partial charge in [-0.1, -0.05) is 6.92 Å². The van der Waals surface area contributed by atoms with E-state index in [1.54, 1.807) is 6.07 Å². The van der Waals surface area contributed by atoms with Gasteiger partial charge in [0.05, 0.1) is 24.0 Å². The molecule has 0 spiro atoms. The third-order valence-electron chi connectivity index (χ3n) is 3.62. The smallest absolute Gasteiger partial charge is 0.308 e. The van der Waals surface area contributed by atoms with Crippen LogP contribution in [0.1, 0.15) is 6.92 Å². The van der Waals surface area contributed by atoms with Gasteiger partial charge in [0.25, 0.3) is 5.69 Å². The summed E-state index contributed by atoms with van der Waals surface area (Å²) in [6.07, 6.45) is 0. The second kappa shape index (κ2) is 5.36. The first kappa shape index (κ1) is 14.1. The number of hydrogen-bond donors (Lipinski definition) is 1. The van der Waals surface area contributed by atoms with Crippen molar-refractivity contribution in [3.63, 3.8) is 0 Å². The molecule has 2 atom stereocenters. The van der Waals surface area contributed by atoms with E-state index in [-0.39, 0.29) is 11.6 Å².